The van der Waals surface area contributed by atoms with E-state index in [1.165, 1.54) is 0 Å². The molecule has 2 saturated heterocycles. The Bertz CT molecular complexity index is 276. The van der Waals surface area contributed by atoms with E-state index in [0.717, 1.165) is 52.2 Å². The Morgan fingerprint density at radius 3 is 2.58 bits per heavy atom. The number of ether oxygens (including phenoxy) is 1. The lowest BCUT2D eigenvalue weighted by Crippen LogP contribution is -2.45. The van der Waals surface area contributed by atoms with Crippen molar-refractivity contribution in [1.29, 1.82) is 0 Å². The maximum Gasteiger partial charge on any atom is 0.236 e. The second kappa shape index (κ2) is 7.79. The first kappa shape index (κ1) is 14.7. The fourth-order valence-electron chi connectivity index (χ4n) is 2.57. The van der Waals surface area contributed by atoms with E-state index in [4.69, 9.17) is 4.74 Å². The summed E-state index contributed by atoms with van der Waals surface area (Å²) < 4.78 is 5.26. The zero-order valence-corrected chi connectivity index (χ0v) is 11.5. The van der Waals surface area contributed by atoms with Crippen LogP contribution in [0, 0.1) is 0 Å². The molecule has 1 unspecified atom stereocenters. The van der Waals surface area contributed by atoms with Gasteiger partial charge in [-0.2, -0.15) is 0 Å². The smallest absolute Gasteiger partial charge is 0.236 e. The van der Waals surface area contributed by atoms with E-state index in [0.29, 0.717) is 19.6 Å². The molecule has 0 spiro atoms. The second-order valence-electron chi connectivity index (χ2n) is 5.29. The molecule has 2 aliphatic rings. The number of hydrogen-bond acceptors (Lipinski definition) is 5. The maximum atomic E-state index is 11.8. The number of hydrogen-bond donors (Lipinski definition) is 2. The van der Waals surface area contributed by atoms with Crippen molar-refractivity contribution in [1.82, 2.24) is 15.1 Å². The van der Waals surface area contributed by atoms with Crippen molar-refractivity contribution in [3.8, 4) is 0 Å². The molecular weight excluding hydrogens is 246 g/mol. The summed E-state index contributed by atoms with van der Waals surface area (Å²) in [7, 11) is 0. The van der Waals surface area contributed by atoms with Gasteiger partial charge in [0.2, 0.25) is 5.91 Å². The van der Waals surface area contributed by atoms with E-state index >= 15 is 0 Å². The van der Waals surface area contributed by atoms with Gasteiger partial charge >= 0.3 is 0 Å². The summed E-state index contributed by atoms with van der Waals surface area (Å²) in [6.45, 7) is 6.47. The van der Waals surface area contributed by atoms with Crippen LogP contribution in [0.2, 0.25) is 0 Å². The number of nitrogens with zero attached hydrogens (tertiary/aromatic N) is 2. The lowest BCUT2D eigenvalue weighted by atomic mass is 10.3. The Labute approximate surface area is 114 Å². The number of likely N-dealkylation sites (tertiary alicyclic amines) is 1. The quantitative estimate of drug-likeness (QED) is 0.641. The van der Waals surface area contributed by atoms with Crippen molar-refractivity contribution in [3.63, 3.8) is 0 Å². The average molecular weight is 271 g/mol. The van der Waals surface area contributed by atoms with Gasteiger partial charge in [-0.3, -0.25) is 9.69 Å². The Hall–Kier alpha value is -0.690. The van der Waals surface area contributed by atoms with E-state index in [-0.39, 0.29) is 5.91 Å². The highest BCUT2D eigenvalue weighted by atomic mass is 16.5. The van der Waals surface area contributed by atoms with Crippen LogP contribution in [0.5, 0.6) is 0 Å². The molecule has 19 heavy (non-hydrogen) atoms. The lowest BCUT2D eigenvalue weighted by molar-refractivity contribution is -0.129. The van der Waals surface area contributed by atoms with Crippen molar-refractivity contribution < 1.29 is 14.6 Å². The monoisotopic (exact) mass is 271 g/mol. The SMILES string of the molecule is O=C(CNCC(O)CN1CCOCC1)N1CCCC1. The molecule has 0 bridgehead atoms. The second-order valence-corrected chi connectivity index (χ2v) is 5.29. The van der Waals surface area contributed by atoms with Crippen LogP contribution in [-0.4, -0.2) is 85.9 Å². The van der Waals surface area contributed by atoms with Gasteiger partial charge in [0.05, 0.1) is 25.9 Å². The van der Waals surface area contributed by atoms with Crippen LogP contribution in [0.25, 0.3) is 0 Å². The van der Waals surface area contributed by atoms with Gasteiger partial charge in [0.25, 0.3) is 0 Å². The van der Waals surface area contributed by atoms with Crippen molar-refractivity contribution in [2.75, 3.05) is 59.0 Å². The third-order valence-corrected chi connectivity index (χ3v) is 3.69. The molecule has 2 aliphatic heterocycles. The third kappa shape index (κ3) is 5.06. The van der Waals surface area contributed by atoms with E-state index in [2.05, 4.69) is 10.2 Å². The van der Waals surface area contributed by atoms with Gasteiger partial charge in [-0.05, 0) is 12.8 Å². The van der Waals surface area contributed by atoms with E-state index < -0.39 is 6.10 Å². The fourth-order valence-corrected chi connectivity index (χ4v) is 2.57. The minimum atomic E-state index is -0.426. The highest BCUT2D eigenvalue weighted by Crippen LogP contribution is 2.06. The zero-order chi connectivity index (χ0) is 13.5. The molecule has 2 fully saturated rings. The van der Waals surface area contributed by atoms with Crippen LogP contribution in [0.15, 0.2) is 0 Å². The molecule has 0 saturated carbocycles. The highest BCUT2D eigenvalue weighted by Gasteiger charge is 2.18. The summed E-state index contributed by atoms with van der Waals surface area (Å²) >= 11 is 0. The van der Waals surface area contributed by atoms with Crippen molar-refractivity contribution in [3.05, 3.63) is 0 Å². The number of aliphatic hydroxyl groups is 1. The van der Waals surface area contributed by atoms with Crippen LogP contribution in [0.1, 0.15) is 12.8 Å². The molecule has 2 N–H and O–H groups in total. The van der Waals surface area contributed by atoms with Crippen LogP contribution in [0.4, 0.5) is 0 Å². The van der Waals surface area contributed by atoms with Crippen LogP contribution in [-0.2, 0) is 9.53 Å². The molecule has 6 nitrogen and oxygen atoms in total. The van der Waals surface area contributed by atoms with Gasteiger partial charge in [-0.15, -0.1) is 0 Å². The molecule has 6 heteroatoms. The highest BCUT2D eigenvalue weighted by molar-refractivity contribution is 5.78. The molecule has 0 aromatic rings. The minimum Gasteiger partial charge on any atom is -0.390 e. The lowest BCUT2D eigenvalue weighted by Gasteiger charge is -2.28. The Morgan fingerprint density at radius 1 is 1.21 bits per heavy atom. The summed E-state index contributed by atoms with van der Waals surface area (Å²) in [6, 6.07) is 0. The molecule has 2 rings (SSSR count). The van der Waals surface area contributed by atoms with Gasteiger partial charge in [0.1, 0.15) is 0 Å². The normalized spacial score (nSPS) is 22.7. The molecule has 2 heterocycles. The van der Waals surface area contributed by atoms with Crippen LogP contribution < -0.4 is 5.32 Å². The molecule has 1 atom stereocenters. The summed E-state index contributed by atoms with van der Waals surface area (Å²) in [5, 5.41) is 13.0. The topological polar surface area (TPSA) is 65.0 Å². The maximum absolute atomic E-state index is 11.8. The van der Waals surface area contributed by atoms with Crippen LogP contribution >= 0.6 is 0 Å². The van der Waals surface area contributed by atoms with E-state index in [9.17, 15) is 9.90 Å². The number of morpholine rings is 1. The van der Waals surface area contributed by atoms with Gasteiger partial charge in [0, 0.05) is 39.3 Å². The number of nitrogens with one attached hydrogen (secondary N) is 1. The first-order chi connectivity index (χ1) is 9.25. The minimum absolute atomic E-state index is 0.149. The summed E-state index contributed by atoms with van der Waals surface area (Å²) in [5.41, 5.74) is 0. The first-order valence-electron chi connectivity index (χ1n) is 7.22. The van der Waals surface area contributed by atoms with E-state index in [1.54, 1.807) is 0 Å². The van der Waals surface area contributed by atoms with Crippen molar-refractivity contribution in [2.45, 2.75) is 18.9 Å². The zero-order valence-electron chi connectivity index (χ0n) is 11.5. The number of carbonyl (C=O) groups is 1. The Balaban J connectivity index is 1.55. The number of rotatable bonds is 6. The largest absolute Gasteiger partial charge is 0.390 e. The summed E-state index contributed by atoms with van der Waals surface area (Å²) in [6.07, 6.45) is 1.81. The Kier molecular flexibility index (Phi) is 6.03. The molecule has 1 amide bonds. The number of amides is 1. The summed E-state index contributed by atoms with van der Waals surface area (Å²) in [5.74, 6) is 0.149. The third-order valence-electron chi connectivity index (χ3n) is 3.69. The molecule has 0 radical (unpaired) electrons. The van der Waals surface area contributed by atoms with E-state index in [1.807, 2.05) is 4.90 Å². The molecule has 0 aromatic heterocycles. The van der Waals surface area contributed by atoms with Gasteiger partial charge < -0.3 is 20.1 Å². The van der Waals surface area contributed by atoms with Gasteiger partial charge in [-0.1, -0.05) is 0 Å². The Morgan fingerprint density at radius 2 is 1.89 bits per heavy atom. The molecule has 110 valence electrons. The standard InChI is InChI=1S/C13H25N3O3/c17-12(11-15-5-7-19-8-6-15)9-14-10-13(18)16-3-1-2-4-16/h12,14,17H,1-11H2. The molecular formula is C13H25N3O3. The van der Waals surface area contributed by atoms with Crippen molar-refractivity contribution in [2.24, 2.45) is 0 Å². The van der Waals surface area contributed by atoms with Crippen LogP contribution in [0.3, 0.4) is 0 Å². The molecule has 0 aliphatic carbocycles. The summed E-state index contributed by atoms with van der Waals surface area (Å²) in [4.78, 5) is 15.9. The predicted molar refractivity (Wildman–Crippen MR) is 71.9 cm³/mol. The van der Waals surface area contributed by atoms with Crippen molar-refractivity contribution >= 4 is 5.91 Å². The average Bonchev–Trinajstić information content (AvgIpc) is 2.93. The predicted octanol–water partition coefficient (Wildman–Crippen LogP) is -1.11. The first-order valence-corrected chi connectivity index (χ1v) is 7.22. The molecule has 0 aromatic carbocycles. The van der Waals surface area contributed by atoms with Gasteiger partial charge in [0.15, 0.2) is 0 Å². The van der Waals surface area contributed by atoms with Gasteiger partial charge in [-0.25, -0.2) is 0 Å². The fraction of sp³-hybridized carbons (Fsp3) is 0.923. The number of β-amino-alcohol motifs (C(OH)–C–C–N with tert-alkyl or cyclic N) is 1. The number of aliphatic hydroxyl groups excluding tert-OH is 1. The number of carbonyl (C=O) groups excluding carboxylic acids is 1.